The fraction of sp³-hybridized carbons (Fsp3) is 0.286. The second kappa shape index (κ2) is 5.14. The van der Waals surface area contributed by atoms with E-state index in [1.807, 2.05) is 41.1 Å². The first-order valence-electron chi connectivity index (χ1n) is 6.29. The fourth-order valence-corrected chi connectivity index (χ4v) is 2.15. The number of ether oxygens (including phenoxy) is 1. The van der Waals surface area contributed by atoms with Gasteiger partial charge >= 0.3 is 6.09 Å². The van der Waals surface area contributed by atoms with Crippen LogP contribution in [-0.2, 0) is 24.4 Å². The van der Waals surface area contributed by atoms with Gasteiger partial charge in [-0.1, -0.05) is 30.3 Å². The summed E-state index contributed by atoms with van der Waals surface area (Å²) >= 11 is 0. The molecule has 5 nitrogen and oxygen atoms in total. The van der Waals surface area contributed by atoms with Crippen LogP contribution in [0.1, 0.15) is 11.3 Å². The third-order valence-corrected chi connectivity index (χ3v) is 3.20. The Balaban J connectivity index is 1.57. The fourth-order valence-electron chi connectivity index (χ4n) is 2.15. The lowest BCUT2D eigenvalue weighted by Gasteiger charge is -2.26. The maximum absolute atomic E-state index is 12.0. The summed E-state index contributed by atoms with van der Waals surface area (Å²) in [7, 11) is 0. The van der Waals surface area contributed by atoms with Crippen LogP contribution in [0.3, 0.4) is 0 Å². The lowest BCUT2D eigenvalue weighted by Crippen LogP contribution is -2.38. The van der Waals surface area contributed by atoms with Gasteiger partial charge in [-0.05, 0) is 11.6 Å². The Morgan fingerprint density at radius 2 is 2.05 bits per heavy atom. The maximum Gasteiger partial charge on any atom is 0.410 e. The first kappa shape index (κ1) is 11.8. The van der Waals surface area contributed by atoms with Crippen LogP contribution in [0.4, 0.5) is 4.79 Å². The van der Waals surface area contributed by atoms with Crippen LogP contribution in [0.5, 0.6) is 0 Å². The zero-order valence-corrected chi connectivity index (χ0v) is 10.5. The van der Waals surface area contributed by atoms with Crippen molar-refractivity contribution in [2.45, 2.75) is 19.7 Å². The second-order valence-corrected chi connectivity index (χ2v) is 4.51. The highest BCUT2D eigenvalue weighted by Gasteiger charge is 2.21. The molecule has 2 heterocycles. The van der Waals surface area contributed by atoms with Crippen molar-refractivity contribution < 1.29 is 9.53 Å². The summed E-state index contributed by atoms with van der Waals surface area (Å²) in [5, 5.41) is 4.18. The van der Waals surface area contributed by atoms with Crippen molar-refractivity contribution in [3.63, 3.8) is 0 Å². The van der Waals surface area contributed by atoms with Crippen molar-refractivity contribution in [3.05, 3.63) is 53.9 Å². The first-order chi connectivity index (χ1) is 9.33. The molecule has 0 aliphatic carbocycles. The number of benzene rings is 1. The molecule has 3 rings (SSSR count). The van der Waals surface area contributed by atoms with Gasteiger partial charge in [0.05, 0.1) is 18.8 Å². The molecule has 0 unspecified atom stereocenters. The molecule has 0 saturated heterocycles. The van der Waals surface area contributed by atoms with E-state index in [1.165, 1.54) is 0 Å². The van der Waals surface area contributed by atoms with Gasteiger partial charge in [0, 0.05) is 12.7 Å². The van der Waals surface area contributed by atoms with Crippen LogP contribution in [0, 0.1) is 0 Å². The summed E-state index contributed by atoms with van der Waals surface area (Å²) in [5.74, 6) is 0. The summed E-state index contributed by atoms with van der Waals surface area (Å²) in [6.45, 7) is 2.24. The van der Waals surface area contributed by atoms with Gasteiger partial charge in [-0.25, -0.2) is 4.79 Å². The van der Waals surface area contributed by atoms with Crippen LogP contribution in [-0.4, -0.2) is 27.3 Å². The topological polar surface area (TPSA) is 47.4 Å². The van der Waals surface area contributed by atoms with Gasteiger partial charge in [-0.3, -0.25) is 4.68 Å². The van der Waals surface area contributed by atoms with Crippen molar-refractivity contribution >= 4 is 6.09 Å². The molecule has 1 aromatic carbocycles. The predicted octanol–water partition coefficient (Wildman–Crippen LogP) is 2.04. The molecule has 5 heteroatoms. The molecule has 0 N–H and O–H groups in total. The molecule has 0 atom stereocenters. The maximum atomic E-state index is 12.0. The van der Waals surface area contributed by atoms with Crippen LogP contribution < -0.4 is 0 Å². The third kappa shape index (κ3) is 2.59. The monoisotopic (exact) mass is 257 g/mol. The van der Waals surface area contributed by atoms with Crippen LogP contribution >= 0.6 is 0 Å². The standard InChI is InChI=1S/C14H15N3O2/c18-14(19-11-12-4-2-1-3-5-12)16-8-9-17-13(10-16)6-7-15-17/h1-7H,8-11H2. The number of fused-ring (bicyclic) bond motifs is 1. The molecule has 0 spiro atoms. The van der Waals surface area contributed by atoms with E-state index in [2.05, 4.69) is 5.10 Å². The molecule has 0 fully saturated rings. The Bertz CT molecular complexity index is 565. The Kier molecular flexibility index (Phi) is 3.18. The molecule has 2 aromatic rings. The zero-order chi connectivity index (χ0) is 13.1. The highest BCUT2D eigenvalue weighted by molar-refractivity contribution is 5.67. The lowest BCUT2D eigenvalue weighted by molar-refractivity contribution is 0.0858. The molecule has 1 aliphatic heterocycles. The molecular weight excluding hydrogens is 242 g/mol. The lowest BCUT2D eigenvalue weighted by atomic mass is 10.2. The molecule has 1 amide bonds. The average molecular weight is 257 g/mol. The number of amides is 1. The summed E-state index contributed by atoms with van der Waals surface area (Å²) in [4.78, 5) is 13.7. The van der Waals surface area contributed by atoms with Crippen LogP contribution in [0.2, 0.25) is 0 Å². The van der Waals surface area contributed by atoms with Gasteiger partial charge in [-0.2, -0.15) is 5.10 Å². The van der Waals surface area contributed by atoms with E-state index >= 15 is 0 Å². The first-order valence-corrected chi connectivity index (χ1v) is 6.29. The van der Waals surface area contributed by atoms with Crippen LogP contribution in [0.25, 0.3) is 0 Å². The molecular formula is C14H15N3O2. The summed E-state index contributed by atoms with van der Waals surface area (Å²) in [6, 6.07) is 11.6. The van der Waals surface area contributed by atoms with Crippen molar-refractivity contribution in [2.75, 3.05) is 6.54 Å². The Hall–Kier alpha value is -2.30. The van der Waals surface area contributed by atoms with E-state index in [0.717, 1.165) is 17.8 Å². The number of hydrogen-bond donors (Lipinski definition) is 0. The van der Waals surface area contributed by atoms with E-state index in [4.69, 9.17) is 4.74 Å². The van der Waals surface area contributed by atoms with Crippen molar-refractivity contribution in [1.29, 1.82) is 0 Å². The quantitative estimate of drug-likeness (QED) is 0.827. The van der Waals surface area contributed by atoms with E-state index in [0.29, 0.717) is 19.7 Å². The number of nitrogens with zero attached hydrogens (tertiary/aromatic N) is 3. The van der Waals surface area contributed by atoms with Gasteiger partial charge < -0.3 is 9.64 Å². The Labute approximate surface area is 111 Å². The third-order valence-electron chi connectivity index (χ3n) is 3.20. The highest BCUT2D eigenvalue weighted by Crippen LogP contribution is 2.12. The average Bonchev–Trinajstić information content (AvgIpc) is 2.93. The van der Waals surface area contributed by atoms with E-state index in [9.17, 15) is 4.79 Å². The van der Waals surface area contributed by atoms with Crippen molar-refractivity contribution in [2.24, 2.45) is 0 Å². The van der Waals surface area contributed by atoms with Gasteiger partial charge in [-0.15, -0.1) is 0 Å². The number of carbonyl (C=O) groups excluding carboxylic acids is 1. The van der Waals surface area contributed by atoms with Crippen molar-refractivity contribution in [3.8, 4) is 0 Å². The van der Waals surface area contributed by atoms with Crippen molar-refractivity contribution in [1.82, 2.24) is 14.7 Å². The van der Waals surface area contributed by atoms with Gasteiger partial charge in [0.2, 0.25) is 0 Å². The van der Waals surface area contributed by atoms with E-state index in [1.54, 1.807) is 11.1 Å². The van der Waals surface area contributed by atoms with Gasteiger partial charge in [0.25, 0.3) is 0 Å². The number of rotatable bonds is 2. The summed E-state index contributed by atoms with van der Waals surface area (Å²) in [5.41, 5.74) is 2.04. The molecule has 98 valence electrons. The molecule has 1 aromatic heterocycles. The van der Waals surface area contributed by atoms with Gasteiger partial charge in [0.1, 0.15) is 6.61 Å². The summed E-state index contributed by atoms with van der Waals surface area (Å²) < 4.78 is 7.23. The minimum Gasteiger partial charge on any atom is -0.445 e. The molecule has 19 heavy (non-hydrogen) atoms. The van der Waals surface area contributed by atoms with E-state index in [-0.39, 0.29) is 6.09 Å². The number of aromatic nitrogens is 2. The Morgan fingerprint density at radius 1 is 1.21 bits per heavy atom. The predicted molar refractivity (Wildman–Crippen MR) is 69.3 cm³/mol. The molecule has 0 radical (unpaired) electrons. The number of carbonyl (C=O) groups is 1. The SMILES string of the molecule is O=C(OCc1ccccc1)N1CCn2nccc2C1. The zero-order valence-electron chi connectivity index (χ0n) is 10.5. The smallest absolute Gasteiger partial charge is 0.410 e. The van der Waals surface area contributed by atoms with Gasteiger partial charge in [0.15, 0.2) is 0 Å². The molecule has 0 bridgehead atoms. The second-order valence-electron chi connectivity index (χ2n) is 4.51. The highest BCUT2D eigenvalue weighted by atomic mass is 16.6. The van der Waals surface area contributed by atoms with E-state index < -0.39 is 0 Å². The minimum atomic E-state index is -0.267. The normalized spacial score (nSPS) is 14.0. The summed E-state index contributed by atoms with van der Waals surface area (Å²) in [6.07, 6.45) is 1.49. The molecule has 0 saturated carbocycles. The van der Waals surface area contributed by atoms with Crippen LogP contribution in [0.15, 0.2) is 42.6 Å². The molecule has 1 aliphatic rings. The largest absolute Gasteiger partial charge is 0.445 e. The minimum absolute atomic E-state index is 0.267. The Morgan fingerprint density at radius 3 is 2.89 bits per heavy atom. The number of hydrogen-bond acceptors (Lipinski definition) is 3.